The lowest BCUT2D eigenvalue weighted by atomic mass is 9.87. The Bertz CT molecular complexity index is 890. The van der Waals surface area contributed by atoms with E-state index < -0.39 is 0 Å². The normalized spacial score (nSPS) is 17.8. The van der Waals surface area contributed by atoms with Gasteiger partial charge in [-0.3, -0.25) is 9.59 Å². The molecular weight excluding hydrogens is 364 g/mol. The smallest absolute Gasteiger partial charge is 0.263 e. The number of benzene rings is 1. The van der Waals surface area contributed by atoms with Crippen molar-refractivity contribution in [3.05, 3.63) is 39.6 Å². The molecule has 0 fully saturated rings. The highest BCUT2D eigenvalue weighted by molar-refractivity contribution is 7.14. The van der Waals surface area contributed by atoms with Gasteiger partial charge in [-0.1, -0.05) is 0 Å². The molecule has 2 aliphatic rings. The van der Waals surface area contributed by atoms with Crippen LogP contribution in [0.25, 0.3) is 0 Å². The molecule has 1 atom stereocenters. The van der Waals surface area contributed by atoms with E-state index in [9.17, 15) is 9.59 Å². The first-order chi connectivity index (χ1) is 13.0. The molecular formula is C20H22N2O4S. The van der Waals surface area contributed by atoms with Crippen molar-refractivity contribution in [1.82, 2.24) is 4.90 Å². The van der Waals surface area contributed by atoms with Crippen LogP contribution in [0, 0.1) is 5.92 Å². The van der Waals surface area contributed by atoms with Crippen LogP contribution in [0.5, 0.6) is 11.5 Å². The summed E-state index contributed by atoms with van der Waals surface area (Å²) < 4.78 is 11.1. The van der Waals surface area contributed by atoms with Crippen LogP contribution < -0.4 is 14.8 Å². The van der Waals surface area contributed by atoms with Crippen LogP contribution in [-0.2, 0) is 17.6 Å². The lowest BCUT2D eigenvalue weighted by Crippen LogP contribution is -2.27. The zero-order chi connectivity index (χ0) is 19.0. The molecule has 142 valence electrons. The van der Waals surface area contributed by atoms with E-state index in [0.29, 0.717) is 36.8 Å². The van der Waals surface area contributed by atoms with Crippen molar-refractivity contribution in [2.24, 2.45) is 5.92 Å². The number of amides is 2. The van der Waals surface area contributed by atoms with Crippen molar-refractivity contribution >= 4 is 28.8 Å². The number of nitrogens with one attached hydrogen (secondary N) is 1. The summed E-state index contributed by atoms with van der Waals surface area (Å²) in [4.78, 5) is 28.5. The molecule has 0 spiro atoms. The third kappa shape index (κ3) is 3.64. The third-order valence-corrected chi connectivity index (χ3v) is 6.11. The third-order valence-electron chi connectivity index (χ3n) is 4.88. The van der Waals surface area contributed by atoms with Gasteiger partial charge in [0.15, 0.2) is 11.5 Å². The van der Waals surface area contributed by atoms with Crippen molar-refractivity contribution < 1.29 is 19.1 Å². The maximum absolute atomic E-state index is 12.7. The Morgan fingerprint density at radius 1 is 1.15 bits per heavy atom. The minimum Gasteiger partial charge on any atom is -0.486 e. The number of anilines is 1. The number of rotatable bonds is 3. The van der Waals surface area contributed by atoms with Crippen LogP contribution >= 0.6 is 11.3 Å². The molecule has 1 aromatic heterocycles. The Morgan fingerprint density at radius 2 is 1.93 bits per heavy atom. The van der Waals surface area contributed by atoms with Gasteiger partial charge in [-0.25, -0.2) is 0 Å². The van der Waals surface area contributed by atoms with Crippen LogP contribution in [0.3, 0.4) is 0 Å². The zero-order valence-corrected chi connectivity index (χ0v) is 16.2. The minimum absolute atomic E-state index is 0.00372. The average molecular weight is 386 g/mol. The molecule has 2 heterocycles. The SMILES string of the molecule is CN(C)C(=O)c1cc2c(s1)CCC(C(=O)Nc1ccc3c(c1)OCCO3)C2. The highest BCUT2D eigenvalue weighted by atomic mass is 32.1. The summed E-state index contributed by atoms with van der Waals surface area (Å²) in [6.45, 7) is 1.06. The summed E-state index contributed by atoms with van der Waals surface area (Å²) in [6, 6.07) is 7.41. The van der Waals surface area contributed by atoms with Gasteiger partial charge in [0.25, 0.3) is 5.91 Å². The fraction of sp³-hybridized carbons (Fsp3) is 0.400. The van der Waals surface area contributed by atoms with Gasteiger partial charge >= 0.3 is 0 Å². The summed E-state index contributed by atoms with van der Waals surface area (Å²) in [6.07, 6.45) is 2.29. The molecule has 27 heavy (non-hydrogen) atoms. The second kappa shape index (κ2) is 7.23. The van der Waals surface area contributed by atoms with Crippen LogP contribution in [0.1, 0.15) is 26.5 Å². The Morgan fingerprint density at radius 3 is 2.70 bits per heavy atom. The minimum atomic E-state index is -0.0948. The highest BCUT2D eigenvalue weighted by Gasteiger charge is 2.28. The topological polar surface area (TPSA) is 67.9 Å². The van der Waals surface area contributed by atoms with Gasteiger partial charge in [0.1, 0.15) is 13.2 Å². The standard InChI is InChI=1S/C20H22N2O4S/c1-22(2)20(24)18-10-13-9-12(3-6-17(13)27-18)19(23)21-14-4-5-15-16(11-14)26-8-7-25-15/h4-5,10-12H,3,6-9H2,1-2H3,(H,21,23). The fourth-order valence-corrected chi connectivity index (χ4v) is 4.67. The summed E-state index contributed by atoms with van der Waals surface area (Å²) in [5, 5.41) is 2.99. The Kier molecular flexibility index (Phi) is 4.78. The number of hydrogen-bond acceptors (Lipinski definition) is 5. The molecule has 2 aromatic rings. The van der Waals surface area contributed by atoms with Gasteiger partial charge < -0.3 is 19.7 Å². The first-order valence-corrected chi connectivity index (χ1v) is 9.86. The molecule has 1 unspecified atom stereocenters. The van der Waals surface area contributed by atoms with Crippen molar-refractivity contribution in [3.63, 3.8) is 0 Å². The van der Waals surface area contributed by atoms with Gasteiger partial charge in [-0.2, -0.15) is 0 Å². The van der Waals surface area contributed by atoms with E-state index >= 15 is 0 Å². The molecule has 1 aliphatic heterocycles. The zero-order valence-electron chi connectivity index (χ0n) is 15.4. The predicted molar refractivity (Wildman–Crippen MR) is 104 cm³/mol. The Labute approximate surface area is 162 Å². The molecule has 1 N–H and O–H groups in total. The molecule has 0 bridgehead atoms. The first kappa shape index (κ1) is 17.9. The first-order valence-electron chi connectivity index (χ1n) is 9.05. The predicted octanol–water partition coefficient (Wildman–Crippen LogP) is 2.96. The van der Waals surface area contributed by atoms with Gasteiger partial charge in [0.05, 0.1) is 4.88 Å². The number of nitrogens with zero attached hydrogens (tertiary/aromatic N) is 1. The molecule has 0 saturated carbocycles. The van der Waals surface area contributed by atoms with Gasteiger partial charge in [0, 0.05) is 36.6 Å². The van der Waals surface area contributed by atoms with E-state index in [1.165, 1.54) is 4.88 Å². The number of carbonyl (C=O) groups excluding carboxylic acids is 2. The lowest BCUT2D eigenvalue weighted by Gasteiger charge is -2.22. The molecule has 7 heteroatoms. The van der Waals surface area contributed by atoms with E-state index in [1.54, 1.807) is 36.4 Å². The molecule has 6 nitrogen and oxygen atoms in total. The monoisotopic (exact) mass is 386 g/mol. The van der Waals surface area contributed by atoms with E-state index in [2.05, 4.69) is 5.32 Å². The average Bonchev–Trinajstić information content (AvgIpc) is 3.10. The van der Waals surface area contributed by atoms with E-state index in [1.807, 2.05) is 18.2 Å². The summed E-state index contributed by atoms with van der Waals surface area (Å²) in [7, 11) is 3.51. The lowest BCUT2D eigenvalue weighted by molar-refractivity contribution is -0.120. The highest BCUT2D eigenvalue weighted by Crippen LogP contribution is 2.35. The quantitative estimate of drug-likeness (QED) is 0.881. The van der Waals surface area contributed by atoms with Crippen LogP contribution in [0.2, 0.25) is 0 Å². The second-order valence-electron chi connectivity index (χ2n) is 7.05. The number of hydrogen-bond donors (Lipinski definition) is 1. The van der Waals surface area contributed by atoms with E-state index in [4.69, 9.17) is 9.47 Å². The van der Waals surface area contributed by atoms with E-state index in [0.717, 1.165) is 23.3 Å². The largest absolute Gasteiger partial charge is 0.486 e. The Hall–Kier alpha value is -2.54. The van der Waals surface area contributed by atoms with Crippen molar-refractivity contribution in [1.29, 1.82) is 0 Å². The number of aryl methyl sites for hydroxylation is 1. The molecule has 1 aliphatic carbocycles. The summed E-state index contributed by atoms with van der Waals surface area (Å²) in [5.41, 5.74) is 1.84. The maximum atomic E-state index is 12.7. The number of fused-ring (bicyclic) bond motifs is 2. The van der Waals surface area contributed by atoms with Gasteiger partial charge in [0.2, 0.25) is 5.91 Å². The maximum Gasteiger partial charge on any atom is 0.263 e. The van der Waals surface area contributed by atoms with Crippen molar-refractivity contribution in [3.8, 4) is 11.5 Å². The summed E-state index contributed by atoms with van der Waals surface area (Å²) >= 11 is 1.55. The van der Waals surface area contributed by atoms with Crippen LogP contribution in [-0.4, -0.2) is 44.0 Å². The second-order valence-corrected chi connectivity index (χ2v) is 8.18. The molecule has 1 aromatic carbocycles. The van der Waals surface area contributed by atoms with Crippen LogP contribution in [0.4, 0.5) is 5.69 Å². The van der Waals surface area contributed by atoms with Crippen molar-refractivity contribution in [2.75, 3.05) is 32.6 Å². The number of carbonyl (C=O) groups is 2. The fourth-order valence-electron chi connectivity index (χ4n) is 3.44. The molecule has 2 amide bonds. The van der Waals surface area contributed by atoms with Gasteiger partial charge in [-0.05, 0) is 43.0 Å². The number of thiophene rings is 1. The summed E-state index contributed by atoms with van der Waals surface area (Å²) in [5.74, 6) is 1.30. The van der Waals surface area contributed by atoms with Crippen LogP contribution in [0.15, 0.2) is 24.3 Å². The molecule has 4 rings (SSSR count). The van der Waals surface area contributed by atoms with Gasteiger partial charge in [-0.15, -0.1) is 11.3 Å². The molecule has 0 radical (unpaired) electrons. The Balaban J connectivity index is 1.44. The number of ether oxygens (including phenoxy) is 2. The van der Waals surface area contributed by atoms with Crippen molar-refractivity contribution in [2.45, 2.75) is 19.3 Å². The van der Waals surface area contributed by atoms with E-state index in [-0.39, 0.29) is 17.7 Å². The molecule has 0 saturated heterocycles.